The predicted octanol–water partition coefficient (Wildman–Crippen LogP) is 3.74. The normalized spacial score (nSPS) is 18.0. The highest BCUT2D eigenvalue weighted by Crippen LogP contribution is 2.27. The number of aliphatic imine (C=N–C) groups is 1. The Hall–Kier alpha value is -2.73. The van der Waals surface area contributed by atoms with Crippen LogP contribution in [0.2, 0.25) is 0 Å². The van der Waals surface area contributed by atoms with E-state index in [1.54, 1.807) is 37.7 Å². The first-order valence-electron chi connectivity index (χ1n) is 6.88. The van der Waals surface area contributed by atoms with Crippen LogP contribution in [0, 0.1) is 0 Å². The number of rotatable bonds is 4. The number of thioether (sulfide) groups is 1. The first-order chi connectivity index (χ1) is 11.2. The maximum atomic E-state index is 11.9. The number of amides is 1. The van der Waals surface area contributed by atoms with Gasteiger partial charge in [-0.25, -0.2) is 4.99 Å². The van der Waals surface area contributed by atoms with E-state index in [-0.39, 0.29) is 5.91 Å². The largest absolute Gasteiger partial charge is 0.497 e. The lowest BCUT2D eigenvalue weighted by atomic mass is 10.3. The summed E-state index contributed by atoms with van der Waals surface area (Å²) < 4.78 is 10.3. The number of carbonyl (C=O) groups is 1. The zero-order valence-corrected chi connectivity index (χ0v) is 13.2. The molecule has 1 aliphatic rings. The van der Waals surface area contributed by atoms with Gasteiger partial charge in [0, 0.05) is 6.07 Å². The minimum Gasteiger partial charge on any atom is -0.497 e. The van der Waals surface area contributed by atoms with Crippen molar-refractivity contribution in [1.82, 2.24) is 5.32 Å². The molecule has 5 nitrogen and oxygen atoms in total. The van der Waals surface area contributed by atoms with Crippen molar-refractivity contribution < 1.29 is 13.9 Å². The van der Waals surface area contributed by atoms with Crippen LogP contribution in [0.1, 0.15) is 5.76 Å². The lowest BCUT2D eigenvalue weighted by Gasteiger charge is -2.00. The van der Waals surface area contributed by atoms with Crippen LogP contribution in [0.25, 0.3) is 6.08 Å². The minimum atomic E-state index is -0.166. The molecule has 1 fully saturated rings. The van der Waals surface area contributed by atoms with Crippen LogP contribution in [-0.4, -0.2) is 18.2 Å². The summed E-state index contributed by atoms with van der Waals surface area (Å²) in [5, 5.41) is 3.28. The standard InChI is InChI=1S/C17H14N2O3S/c1-21-14-7-2-5-12(11-14)18-17-19-16(20)15(23-17)9-3-6-13-8-4-10-22-13/h2-11H,1H3,(H,18,19,20)/b6-3+,15-9-. The van der Waals surface area contributed by atoms with E-state index in [2.05, 4.69) is 10.3 Å². The molecule has 23 heavy (non-hydrogen) atoms. The predicted molar refractivity (Wildman–Crippen MR) is 91.6 cm³/mol. The highest BCUT2D eigenvalue weighted by molar-refractivity contribution is 8.18. The van der Waals surface area contributed by atoms with Gasteiger partial charge in [0.15, 0.2) is 5.17 Å². The number of amidine groups is 1. The summed E-state index contributed by atoms with van der Waals surface area (Å²) in [7, 11) is 1.60. The second-order valence-corrected chi connectivity index (χ2v) is 5.61. The molecule has 3 rings (SSSR count). The lowest BCUT2D eigenvalue weighted by molar-refractivity contribution is -0.115. The van der Waals surface area contributed by atoms with Crippen molar-refractivity contribution in [2.45, 2.75) is 0 Å². The quantitative estimate of drug-likeness (QED) is 0.870. The molecule has 0 bridgehead atoms. The lowest BCUT2D eigenvalue weighted by Crippen LogP contribution is -2.19. The fourth-order valence-corrected chi connectivity index (χ4v) is 2.70. The van der Waals surface area contributed by atoms with Gasteiger partial charge in [-0.05, 0) is 48.2 Å². The molecule has 0 spiro atoms. The number of allylic oxidation sites excluding steroid dienone is 2. The van der Waals surface area contributed by atoms with Crippen LogP contribution in [-0.2, 0) is 4.79 Å². The molecule has 0 aliphatic carbocycles. The fraction of sp³-hybridized carbons (Fsp3) is 0.0588. The molecular weight excluding hydrogens is 312 g/mol. The second kappa shape index (κ2) is 7.02. The van der Waals surface area contributed by atoms with Crippen molar-refractivity contribution in [2.24, 2.45) is 4.99 Å². The molecular formula is C17H14N2O3S. The Labute approximate surface area is 137 Å². The van der Waals surface area contributed by atoms with Gasteiger partial charge >= 0.3 is 0 Å². The van der Waals surface area contributed by atoms with E-state index in [4.69, 9.17) is 9.15 Å². The van der Waals surface area contributed by atoms with E-state index in [0.29, 0.717) is 10.1 Å². The number of ether oxygens (including phenoxy) is 1. The average Bonchev–Trinajstić information content (AvgIpc) is 3.18. The van der Waals surface area contributed by atoms with Gasteiger partial charge in [0.25, 0.3) is 5.91 Å². The molecule has 1 aromatic carbocycles. The molecule has 0 unspecified atom stereocenters. The third-order valence-corrected chi connectivity index (χ3v) is 3.91. The van der Waals surface area contributed by atoms with E-state index in [0.717, 1.165) is 17.2 Å². The van der Waals surface area contributed by atoms with Crippen LogP contribution in [0.15, 0.2) is 69.1 Å². The number of nitrogens with zero attached hydrogens (tertiary/aromatic N) is 1. The summed E-state index contributed by atoms with van der Waals surface area (Å²) in [6, 6.07) is 11.0. The van der Waals surface area contributed by atoms with Gasteiger partial charge < -0.3 is 14.5 Å². The number of hydrogen-bond donors (Lipinski definition) is 1. The van der Waals surface area contributed by atoms with Gasteiger partial charge in [0.05, 0.1) is 24.0 Å². The Bertz CT molecular complexity index is 792. The number of hydrogen-bond acceptors (Lipinski definition) is 5. The minimum absolute atomic E-state index is 0.166. The first-order valence-corrected chi connectivity index (χ1v) is 7.70. The highest BCUT2D eigenvalue weighted by Gasteiger charge is 2.23. The third kappa shape index (κ3) is 3.92. The Morgan fingerprint density at radius 3 is 3.00 bits per heavy atom. The Morgan fingerprint density at radius 1 is 1.30 bits per heavy atom. The monoisotopic (exact) mass is 326 g/mol. The molecule has 2 heterocycles. The van der Waals surface area contributed by atoms with Crippen LogP contribution in [0.5, 0.6) is 5.75 Å². The van der Waals surface area contributed by atoms with Crippen molar-refractivity contribution in [3.63, 3.8) is 0 Å². The maximum Gasteiger partial charge on any atom is 0.264 e. The Morgan fingerprint density at radius 2 is 2.22 bits per heavy atom. The fourth-order valence-electron chi connectivity index (χ4n) is 1.91. The Kier molecular flexibility index (Phi) is 4.63. The third-order valence-electron chi connectivity index (χ3n) is 2.99. The van der Waals surface area contributed by atoms with Gasteiger partial charge in [-0.1, -0.05) is 12.1 Å². The zero-order chi connectivity index (χ0) is 16.1. The molecule has 1 aromatic heterocycles. The summed E-state index contributed by atoms with van der Waals surface area (Å²) >= 11 is 1.29. The molecule has 0 radical (unpaired) electrons. The number of nitrogens with one attached hydrogen (secondary N) is 1. The smallest absolute Gasteiger partial charge is 0.264 e. The van der Waals surface area contributed by atoms with Crippen molar-refractivity contribution in [2.75, 3.05) is 7.11 Å². The number of furan rings is 1. The zero-order valence-electron chi connectivity index (χ0n) is 12.4. The van der Waals surface area contributed by atoms with E-state index in [1.807, 2.05) is 30.3 Å². The summed E-state index contributed by atoms with van der Waals surface area (Å²) in [5.41, 5.74) is 0.722. The van der Waals surface area contributed by atoms with Crippen LogP contribution in [0.4, 0.5) is 5.69 Å². The van der Waals surface area contributed by atoms with Gasteiger partial charge in [-0.2, -0.15) is 0 Å². The molecule has 6 heteroatoms. The molecule has 1 saturated heterocycles. The van der Waals surface area contributed by atoms with Gasteiger partial charge in [-0.3, -0.25) is 4.79 Å². The molecule has 0 saturated carbocycles. The second-order valence-electron chi connectivity index (χ2n) is 4.58. The highest BCUT2D eigenvalue weighted by atomic mass is 32.2. The Balaban J connectivity index is 1.72. The van der Waals surface area contributed by atoms with Crippen LogP contribution >= 0.6 is 11.8 Å². The maximum absolute atomic E-state index is 11.9. The van der Waals surface area contributed by atoms with Crippen molar-refractivity contribution in [1.29, 1.82) is 0 Å². The van der Waals surface area contributed by atoms with Crippen molar-refractivity contribution >= 4 is 34.6 Å². The van der Waals surface area contributed by atoms with E-state index in [1.165, 1.54) is 11.8 Å². The molecule has 116 valence electrons. The molecule has 1 aliphatic heterocycles. The number of methoxy groups -OCH3 is 1. The van der Waals surface area contributed by atoms with E-state index < -0.39 is 0 Å². The van der Waals surface area contributed by atoms with Gasteiger partial charge in [-0.15, -0.1) is 0 Å². The van der Waals surface area contributed by atoms with E-state index >= 15 is 0 Å². The van der Waals surface area contributed by atoms with Gasteiger partial charge in [0.1, 0.15) is 11.5 Å². The summed E-state index contributed by atoms with van der Waals surface area (Å²) in [6.45, 7) is 0. The SMILES string of the molecule is COc1cccc(N=C2NC(=O)/C(=C/C=C/c3ccco3)S2)c1. The van der Waals surface area contributed by atoms with E-state index in [9.17, 15) is 4.79 Å². The summed E-state index contributed by atoms with van der Waals surface area (Å²) in [4.78, 5) is 16.9. The topological polar surface area (TPSA) is 63.8 Å². The van der Waals surface area contributed by atoms with Crippen molar-refractivity contribution in [3.05, 3.63) is 65.5 Å². The van der Waals surface area contributed by atoms with Gasteiger partial charge in [0.2, 0.25) is 0 Å². The first kappa shape index (κ1) is 15.2. The number of benzene rings is 1. The molecule has 2 aromatic rings. The van der Waals surface area contributed by atoms with Crippen LogP contribution in [0.3, 0.4) is 0 Å². The van der Waals surface area contributed by atoms with Crippen molar-refractivity contribution in [3.8, 4) is 5.75 Å². The molecule has 0 atom stereocenters. The average molecular weight is 326 g/mol. The number of carbonyl (C=O) groups excluding carboxylic acids is 1. The molecule has 1 N–H and O–H groups in total. The summed E-state index contributed by atoms with van der Waals surface area (Å²) in [6.07, 6.45) is 6.90. The molecule has 1 amide bonds. The summed E-state index contributed by atoms with van der Waals surface area (Å²) in [5.74, 6) is 1.29. The van der Waals surface area contributed by atoms with Crippen LogP contribution < -0.4 is 10.1 Å².